The van der Waals surface area contributed by atoms with Crippen molar-refractivity contribution in [2.24, 2.45) is 0 Å². The van der Waals surface area contributed by atoms with Crippen LogP contribution in [0, 0.1) is 0 Å². The van der Waals surface area contributed by atoms with Gasteiger partial charge in [0.25, 0.3) is 0 Å². The fourth-order valence-corrected chi connectivity index (χ4v) is 2.32. The van der Waals surface area contributed by atoms with Crippen molar-refractivity contribution < 1.29 is 4.79 Å². The Hall–Kier alpha value is -0.630. The van der Waals surface area contributed by atoms with Crippen LogP contribution in [0.25, 0.3) is 0 Å². The highest BCUT2D eigenvalue weighted by molar-refractivity contribution is 7.08. The van der Waals surface area contributed by atoms with Gasteiger partial charge < -0.3 is 4.79 Å². The van der Waals surface area contributed by atoms with E-state index in [-0.39, 0.29) is 5.92 Å². The van der Waals surface area contributed by atoms with Crippen LogP contribution < -0.4 is 0 Å². The predicted octanol–water partition coefficient (Wildman–Crippen LogP) is 4.00. The summed E-state index contributed by atoms with van der Waals surface area (Å²) in [5.74, 6) is 0.137. The highest BCUT2D eigenvalue weighted by atomic mass is 32.1. The van der Waals surface area contributed by atoms with Gasteiger partial charge in [-0.05, 0) is 28.8 Å². The van der Waals surface area contributed by atoms with Crippen molar-refractivity contribution in [2.45, 2.75) is 44.9 Å². The first-order chi connectivity index (χ1) is 6.88. The SMILES string of the molecule is CCCCCCC(C=O)c1ccsc1. The molecule has 1 unspecified atom stereocenters. The zero-order chi connectivity index (χ0) is 10.2. The second-order valence-corrected chi connectivity index (χ2v) is 4.43. The van der Waals surface area contributed by atoms with Gasteiger partial charge in [0.05, 0.1) is 0 Å². The van der Waals surface area contributed by atoms with Gasteiger partial charge in [0.15, 0.2) is 0 Å². The average molecular weight is 210 g/mol. The molecule has 14 heavy (non-hydrogen) atoms. The Balaban J connectivity index is 2.29. The van der Waals surface area contributed by atoms with Gasteiger partial charge in [-0.3, -0.25) is 0 Å². The molecule has 1 aromatic heterocycles. The fourth-order valence-electron chi connectivity index (χ4n) is 1.59. The molecule has 0 saturated heterocycles. The highest BCUT2D eigenvalue weighted by Gasteiger charge is 2.09. The zero-order valence-electron chi connectivity index (χ0n) is 8.74. The molecule has 0 N–H and O–H groups in total. The minimum atomic E-state index is 0.137. The first-order valence-corrected chi connectivity index (χ1v) is 6.30. The normalized spacial score (nSPS) is 12.6. The Labute approximate surface area is 90.2 Å². The minimum absolute atomic E-state index is 0.137. The average Bonchev–Trinajstić information content (AvgIpc) is 2.71. The zero-order valence-corrected chi connectivity index (χ0v) is 9.56. The van der Waals surface area contributed by atoms with E-state index in [0.717, 1.165) is 12.7 Å². The van der Waals surface area contributed by atoms with Crippen LogP contribution in [0.1, 0.15) is 50.5 Å². The molecule has 1 nitrogen and oxygen atoms in total. The van der Waals surface area contributed by atoms with Crippen LogP contribution in [-0.2, 0) is 4.79 Å². The molecular weight excluding hydrogens is 192 g/mol. The maximum Gasteiger partial charge on any atom is 0.127 e. The van der Waals surface area contributed by atoms with E-state index >= 15 is 0 Å². The number of hydrogen-bond acceptors (Lipinski definition) is 2. The summed E-state index contributed by atoms with van der Waals surface area (Å²) < 4.78 is 0. The number of aldehydes is 1. The number of thiophene rings is 1. The largest absolute Gasteiger partial charge is 0.303 e. The lowest BCUT2D eigenvalue weighted by Gasteiger charge is -2.07. The van der Waals surface area contributed by atoms with Crippen molar-refractivity contribution in [3.8, 4) is 0 Å². The maximum absolute atomic E-state index is 10.9. The summed E-state index contributed by atoms with van der Waals surface area (Å²) in [6, 6.07) is 2.06. The van der Waals surface area contributed by atoms with E-state index in [1.165, 1.54) is 31.2 Å². The molecule has 1 aromatic rings. The summed E-state index contributed by atoms with van der Waals surface area (Å²) in [5, 5.41) is 4.12. The number of rotatable bonds is 7. The van der Waals surface area contributed by atoms with Gasteiger partial charge in [0.2, 0.25) is 0 Å². The van der Waals surface area contributed by atoms with Crippen molar-refractivity contribution in [1.82, 2.24) is 0 Å². The second kappa shape index (κ2) is 6.77. The molecule has 0 spiro atoms. The van der Waals surface area contributed by atoms with Crippen molar-refractivity contribution in [3.05, 3.63) is 22.4 Å². The number of hydrogen-bond donors (Lipinski definition) is 0. The topological polar surface area (TPSA) is 17.1 Å². The third-order valence-electron chi connectivity index (χ3n) is 2.50. The summed E-state index contributed by atoms with van der Waals surface area (Å²) in [4.78, 5) is 10.9. The van der Waals surface area contributed by atoms with Crippen molar-refractivity contribution in [3.63, 3.8) is 0 Å². The molecule has 0 radical (unpaired) electrons. The summed E-state index contributed by atoms with van der Waals surface area (Å²) >= 11 is 1.67. The molecule has 0 fully saturated rings. The summed E-state index contributed by atoms with van der Waals surface area (Å²) in [7, 11) is 0. The van der Waals surface area contributed by atoms with Crippen LogP contribution in [0.3, 0.4) is 0 Å². The molecule has 1 atom stereocenters. The molecule has 1 rings (SSSR count). The number of carbonyl (C=O) groups is 1. The standard InChI is InChI=1S/C12H18OS/c1-2-3-4-5-6-11(9-13)12-7-8-14-10-12/h7-11H,2-6H2,1H3. The third kappa shape index (κ3) is 3.62. The van der Waals surface area contributed by atoms with Crippen molar-refractivity contribution in [2.75, 3.05) is 0 Å². The monoisotopic (exact) mass is 210 g/mol. The molecule has 1 heterocycles. The van der Waals surface area contributed by atoms with Crippen LogP contribution in [0.2, 0.25) is 0 Å². The Morgan fingerprint density at radius 2 is 2.29 bits per heavy atom. The van der Waals surface area contributed by atoms with E-state index < -0.39 is 0 Å². The summed E-state index contributed by atoms with van der Waals surface area (Å²) in [6.45, 7) is 2.20. The first-order valence-electron chi connectivity index (χ1n) is 5.36. The van der Waals surface area contributed by atoms with Gasteiger partial charge in [0, 0.05) is 5.92 Å². The lowest BCUT2D eigenvalue weighted by Crippen LogP contribution is -1.98. The molecule has 0 aliphatic rings. The predicted molar refractivity (Wildman–Crippen MR) is 61.9 cm³/mol. The van der Waals surface area contributed by atoms with Crippen LogP contribution in [0.5, 0.6) is 0 Å². The second-order valence-electron chi connectivity index (χ2n) is 3.65. The van der Waals surface area contributed by atoms with Gasteiger partial charge in [-0.25, -0.2) is 0 Å². The number of unbranched alkanes of at least 4 members (excludes halogenated alkanes) is 3. The van der Waals surface area contributed by atoms with Gasteiger partial charge in [-0.15, -0.1) is 0 Å². The lowest BCUT2D eigenvalue weighted by molar-refractivity contribution is -0.109. The van der Waals surface area contributed by atoms with Crippen LogP contribution >= 0.6 is 11.3 Å². The molecule has 2 heteroatoms. The minimum Gasteiger partial charge on any atom is -0.303 e. The Morgan fingerprint density at radius 3 is 2.86 bits per heavy atom. The fraction of sp³-hybridized carbons (Fsp3) is 0.583. The summed E-state index contributed by atoms with van der Waals surface area (Å²) in [6.07, 6.45) is 7.08. The number of carbonyl (C=O) groups excluding carboxylic acids is 1. The van der Waals surface area contributed by atoms with E-state index in [4.69, 9.17) is 0 Å². The third-order valence-corrected chi connectivity index (χ3v) is 3.21. The van der Waals surface area contributed by atoms with Gasteiger partial charge in [-0.2, -0.15) is 11.3 Å². The van der Waals surface area contributed by atoms with Crippen molar-refractivity contribution >= 4 is 17.6 Å². The molecule has 78 valence electrons. The van der Waals surface area contributed by atoms with E-state index in [2.05, 4.69) is 18.4 Å². The molecule has 0 aliphatic carbocycles. The smallest absolute Gasteiger partial charge is 0.127 e. The molecule has 0 saturated carbocycles. The van der Waals surface area contributed by atoms with Crippen LogP contribution in [-0.4, -0.2) is 6.29 Å². The van der Waals surface area contributed by atoms with E-state index in [0.29, 0.717) is 0 Å². The Kier molecular flexibility index (Phi) is 5.53. The molecule has 0 amide bonds. The van der Waals surface area contributed by atoms with Crippen LogP contribution in [0.4, 0.5) is 0 Å². The van der Waals surface area contributed by atoms with Crippen molar-refractivity contribution in [1.29, 1.82) is 0 Å². The van der Waals surface area contributed by atoms with E-state index in [1.807, 2.05) is 5.38 Å². The Bertz CT molecular complexity index is 241. The van der Waals surface area contributed by atoms with Crippen LogP contribution in [0.15, 0.2) is 16.8 Å². The van der Waals surface area contributed by atoms with E-state index in [1.54, 1.807) is 11.3 Å². The molecular formula is C12H18OS. The quantitative estimate of drug-likeness (QED) is 0.491. The lowest BCUT2D eigenvalue weighted by atomic mass is 9.97. The van der Waals surface area contributed by atoms with E-state index in [9.17, 15) is 4.79 Å². The first kappa shape index (κ1) is 11.4. The summed E-state index contributed by atoms with van der Waals surface area (Å²) in [5.41, 5.74) is 1.20. The molecule has 0 aromatic carbocycles. The Morgan fingerprint density at radius 1 is 1.43 bits per heavy atom. The van der Waals surface area contributed by atoms with Gasteiger partial charge in [0.1, 0.15) is 6.29 Å². The van der Waals surface area contributed by atoms with Gasteiger partial charge >= 0.3 is 0 Å². The highest BCUT2D eigenvalue weighted by Crippen LogP contribution is 2.22. The molecule has 0 aliphatic heterocycles. The molecule has 0 bridgehead atoms. The van der Waals surface area contributed by atoms with Gasteiger partial charge in [-0.1, -0.05) is 32.6 Å². The maximum atomic E-state index is 10.9.